The predicted octanol–water partition coefficient (Wildman–Crippen LogP) is 3.68. The minimum atomic E-state index is 0.117. The van der Waals surface area contributed by atoms with Crippen molar-refractivity contribution in [1.29, 1.82) is 0 Å². The normalized spacial score (nSPS) is 11.8. The van der Waals surface area contributed by atoms with Crippen LogP contribution >= 0.6 is 0 Å². The Morgan fingerprint density at radius 2 is 1.94 bits per heavy atom. The fourth-order valence-corrected chi connectivity index (χ4v) is 1.88. The van der Waals surface area contributed by atoms with E-state index in [9.17, 15) is 0 Å². The summed E-state index contributed by atoms with van der Waals surface area (Å²) in [7, 11) is 0. The Morgan fingerprint density at radius 1 is 1.19 bits per heavy atom. The van der Waals surface area contributed by atoms with Crippen LogP contribution in [0.4, 0.5) is 0 Å². The van der Waals surface area contributed by atoms with E-state index in [-0.39, 0.29) is 5.41 Å². The van der Waals surface area contributed by atoms with Gasteiger partial charge in [0.1, 0.15) is 0 Å². The van der Waals surface area contributed by atoms with E-state index >= 15 is 0 Å². The maximum atomic E-state index is 4.17. The zero-order valence-corrected chi connectivity index (χ0v) is 10.3. The molecule has 0 aliphatic carbocycles. The van der Waals surface area contributed by atoms with Crippen LogP contribution in [0, 0.1) is 6.92 Å². The van der Waals surface area contributed by atoms with Gasteiger partial charge in [0, 0.05) is 11.1 Å². The summed E-state index contributed by atoms with van der Waals surface area (Å²) in [4.78, 5) is 0. The van der Waals surface area contributed by atoms with E-state index in [1.807, 2.05) is 6.20 Å². The second kappa shape index (κ2) is 3.78. The van der Waals surface area contributed by atoms with Crippen molar-refractivity contribution in [3.8, 4) is 11.3 Å². The van der Waals surface area contributed by atoms with Crippen molar-refractivity contribution in [2.75, 3.05) is 0 Å². The van der Waals surface area contributed by atoms with Gasteiger partial charge in [-0.15, -0.1) is 0 Å². The molecule has 16 heavy (non-hydrogen) atoms. The third-order valence-corrected chi connectivity index (χ3v) is 2.75. The molecule has 84 valence electrons. The number of hydrogen-bond acceptors (Lipinski definition) is 1. The molecule has 0 saturated heterocycles. The molecule has 0 amide bonds. The van der Waals surface area contributed by atoms with Crippen LogP contribution in [-0.4, -0.2) is 10.2 Å². The molecule has 0 radical (unpaired) electrons. The molecule has 0 unspecified atom stereocenters. The summed E-state index contributed by atoms with van der Waals surface area (Å²) in [6.07, 6.45) is 1.93. The summed E-state index contributed by atoms with van der Waals surface area (Å²) in [5.41, 5.74) is 5.00. The Kier molecular flexibility index (Phi) is 2.58. The molecule has 1 aromatic heterocycles. The molecule has 0 bridgehead atoms. The van der Waals surface area contributed by atoms with E-state index in [1.165, 1.54) is 16.7 Å². The molecule has 0 fully saturated rings. The number of rotatable bonds is 1. The van der Waals surface area contributed by atoms with Crippen molar-refractivity contribution in [2.24, 2.45) is 0 Å². The fraction of sp³-hybridized carbons (Fsp3) is 0.357. The first-order valence-corrected chi connectivity index (χ1v) is 5.59. The molecule has 1 aromatic carbocycles. The zero-order chi connectivity index (χ0) is 11.8. The average molecular weight is 214 g/mol. The molecular weight excluding hydrogens is 196 g/mol. The highest BCUT2D eigenvalue weighted by Gasteiger charge is 2.20. The molecule has 2 nitrogen and oxygen atoms in total. The van der Waals surface area contributed by atoms with Gasteiger partial charge in [0.25, 0.3) is 0 Å². The topological polar surface area (TPSA) is 28.7 Å². The number of nitrogens with one attached hydrogen (secondary N) is 1. The Balaban J connectivity index is 2.53. The number of nitrogens with zero attached hydrogens (tertiary/aromatic N) is 1. The van der Waals surface area contributed by atoms with Crippen LogP contribution in [0.2, 0.25) is 0 Å². The van der Waals surface area contributed by atoms with Crippen molar-refractivity contribution in [1.82, 2.24) is 10.2 Å². The first-order chi connectivity index (χ1) is 7.48. The zero-order valence-electron chi connectivity index (χ0n) is 10.3. The Morgan fingerprint density at radius 3 is 2.56 bits per heavy atom. The summed E-state index contributed by atoms with van der Waals surface area (Å²) in [6, 6.07) is 8.49. The Hall–Kier alpha value is -1.57. The second-order valence-electron chi connectivity index (χ2n) is 5.28. The highest BCUT2D eigenvalue weighted by molar-refractivity contribution is 5.64. The fourth-order valence-electron chi connectivity index (χ4n) is 1.88. The minimum absolute atomic E-state index is 0.117. The molecule has 1 heterocycles. The van der Waals surface area contributed by atoms with Gasteiger partial charge in [0.15, 0.2) is 0 Å². The van der Waals surface area contributed by atoms with Crippen LogP contribution in [0.1, 0.15) is 31.9 Å². The lowest BCUT2D eigenvalue weighted by Gasteiger charge is -2.18. The van der Waals surface area contributed by atoms with Crippen molar-refractivity contribution < 1.29 is 0 Å². The van der Waals surface area contributed by atoms with Gasteiger partial charge < -0.3 is 0 Å². The van der Waals surface area contributed by atoms with Crippen LogP contribution in [0.5, 0.6) is 0 Å². The number of H-pyrrole nitrogens is 1. The number of hydrogen-bond donors (Lipinski definition) is 1. The molecule has 0 saturated carbocycles. The van der Waals surface area contributed by atoms with Gasteiger partial charge in [-0.2, -0.15) is 5.10 Å². The maximum absolute atomic E-state index is 4.17. The van der Waals surface area contributed by atoms with Gasteiger partial charge >= 0.3 is 0 Å². The van der Waals surface area contributed by atoms with E-state index in [1.54, 1.807) is 0 Å². The Bertz CT molecular complexity index is 489. The number of aryl methyl sites for hydroxylation is 1. The van der Waals surface area contributed by atoms with Gasteiger partial charge in [-0.3, -0.25) is 5.10 Å². The predicted molar refractivity (Wildman–Crippen MR) is 67.5 cm³/mol. The molecule has 2 heteroatoms. The maximum Gasteiger partial charge on any atom is 0.0687 e. The summed E-state index contributed by atoms with van der Waals surface area (Å²) < 4.78 is 0. The van der Waals surface area contributed by atoms with Crippen LogP contribution in [0.3, 0.4) is 0 Å². The largest absolute Gasteiger partial charge is 0.278 e. The van der Waals surface area contributed by atoms with Crippen molar-refractivity contribution in [2.45, 2.75) is 33.1 Å². The summed E-state index contributed by atoms with van der Waals surface area (Å²) in [5.74, 6) is 0. The summed E-state index contributed by atoms with van der Waals surface area (Å²) >= 11 is 0. The van der Waals surface area contributed by atoms with Gasteiger partial charge in [0.05, 0.1) is 11.9 Å². The van der Waals surface area contributed by atoms with E-state index in [0.717, 1.165) is 5.69 Å². The van der Waals surface area contributed by atoms with Gasteiger partial charge in [-0.1, -0.05) is 44.5 Å². The molecular formula is C14H18N2. The average Bonchev–Trinajstić information content (AvgIpc) is 2.65. The second-order valence-corrected chi connectivity index (χ2v) is 5.28. The van der Waals surface area contributed by atoms with E-state index in [4.69, 9.17) is 0 Å². The lowest BCUT2D eigenvalue weighted by molar-refractivity contribution is 0.592. The molecule has 2 rings (SSSR count). The van der Waals surface area contributed by atoms with Crippen LogP contribution < -0.4 is 0 Å². The summed E-state index contributed by atoms with van der Waals surface area (Å²) in [6.45, 7) is 8.72. The van der Waals surface area contributed by atoms with Crippen LogP contribution in [0.25, 0.3) is 11.3 Å². The molecule has 0 aliphatic heterocycles. The lowest BCUT2D eigenvalue weighted by Crippen LogP contribution is -2.11. The SMILES string of the molecule is Cc1cccc(-c2[nH]ncc2C(C)(C)C)c1. The molecule has 0 spiro atoms. The smallest absolute Gasteiger partial charge is 0.0687 e. The van der Waals surface area contributed by atoms with E-state index in [2.05, 4.69) is 62.2 Å². The minimum Gasteiger partial charge on any atom is -0.278 e. The Labute approximate surface area is 96.7 Å². The van der Waals surface area contributed by atoms with Gasteiger partial charge in [-0.05, 0) is 18.4 Å². The quantitative estimate of drug-likeness (QED) is 0.770. The van der Waals surface area contributed by atoms with Crippen molar-refractivity contribution >= 4 is 0 Å². The molecule has 2 aromatic rings. The van der Waals surface area contributed by atoms with Crippen LogP contribution in [0.15, 0.2) is 30.5 Å². The van der Waals surface area contributed by atoms with Crippen molar-refractivity contribution in [3.05, 3.63) is 41.6 Å². The van der Waals surface area contributed by atoms with E-state index < -0.39 is 0 Å². The number of aromatic amines is 1. The monoisotopic (exact) mass is 214 g/mol. The highest BCUT2D eigenvalue weighted by Crippen LogP contribution is 2.31. The number of aromatic nitrogens is 2. The summed E-state index contributed by atoms with van der Waals surface area (Å²) in [5, 5.41) is 7.28. The highest BCUT2D eigenvalue weighted by atomic mass is 15.1. The van der Waals surface area contributed by atoms with Gasteiger partial charge in [-0.25, -0.2) is 0 Å². The standard InChI is InChI=1S/C14H18N2/c1-10-6-5-7-11(8-10)13-12(9-15-16-13)14(2,3)4/h5-9H,1-4H3,(H,15,16). The van der Waals surface area contributed by atoms with Crippen molar-refractivity contribution in [3.63, 3.8) is 0 Å². The third-order valence-electron chi connectivity index (χ3n) is 2.75. The first kappa shape index (κ1) is 10.9. The molecule has 0 atom stereocenters. The van der Waals surface area contributed by atoms with Crippen LogP contribution in [-0.2, 0) is 5.41 Å². The molecule has 0 aliphatic rings. The van der Waals surface area contributed by atoms with E-state index in [0.29, 0.717) is 0 Å². The number of benzene rings is 1. The first-order valence-electron chi connectivity index (χ1n) is 5.59. The molecule has 1 N–H and O–H groups in total. The third kappa shape index (κ3) is 2.01. The van der Waals surface area contributed by atoms with Gasteiger partial charge in [0.2, 0.25) is 0 Å². The lowest BCUT2D eigenvalue weighted by atomic mass is 9.86.